The van der Waals surface area contributed by atoms with Crippen molar-refractivity contribution >= 4 is 5.97 Å². The summed E-state index contributed by atoms with van der Waals surface area (Å²) in [5.74, 6) is -0.525. The van der Waals surface area contributed by atoms with Crippen molar-refractivity contribution in [2.75, 3.05) is 0 Å². The van der Waals surface area contributed by atoms with Gasteiger partial charge in [0.15, 0.2) is 6.10 Å². The van der Waals surface area contributed by atoms with Crippen LogP contribution in [-0.4, -0.2) is 17.2 Å². The highest BCUT2D eigenvalue weighted by atomic mass is 16.6. The van der Waals surface area contributed by atoms with Gasteiger partial charge in [0.1, 0.15) is 6.10 Å². The zero-order valence-electron chi connectivity index (χ0n) is 9.84. The van der Waals surface area contributed by atoms with Crippen LogP contribution in [0.4, 0.5) is 0 Å². The van der Waals surface area contributed by atoms with Crippen molar-refractivity contribution in [3.8, 4) is 0 Å². The summed E-state index contributed by atoms with van der Waals surface area (Å²) in [5, 5.41) is 9.85. The maximum Gasteiger partial charge on any atom is 0.339 e. The molecule has 1 fully saturated rings. The van der Waals surface area contributed by atoms with Gasteiger partial charge in [-0.3, -0.25) is 0 Å². The standard InChI is InChI=1S/C14H18O3/c15-13(11-7-3-1-4-8-11)14(16)17-12-9-5-2-6-10-12/h1,3-4,7-8,12-13,15H,2,5-6,9-10H2/t13-/m1/s1. The summed E-state index contributed by atoms with van der Waals surface area (Å²) >= 11 is 0. The molecule has 1 aromatic carbocycles. The van der Waals surface area contributed by atoms with Gasteiger partial charge in [-0.05, 0) is 31.2 Å². The molecule has 0 bridgehead atoms. The smallest absolute Gasteiger partial charge is 0.339 e. The van der Waals surface area contributed by atoms with Gasteiger partial charge in [-0.15, -0.1) is 0 Å². The van der Waals surface area contributed by atoms with E-state index in [4.69, 9.17) is 4.74 Å². The molecule has 0 aromatic heterocycles. The van der Waals surface area contributed by atoms with Gasteiger partial charge in [0.25, 0.3) is 0 Å². The Morgan fingerprint density at radius 1 is 1.18 bits per heavy atom. The highest BCUT2D eigenvalue weighted by molar-refractivity contribution is 5.76. The molecule has 1 aromatic rings. The van der Waals surface area contributed by atoms with Gasteiger partial charge < -0.3 is 9.84 Å². The number of carbonyl (C=O) groups is 1. The summed E-state index contributed by atoms with van der Waals surface area (Å²) in [5.41, 5.74) is 0.591. The highest BCUT2D eigenvalue weighted by Gasteiger charge is 2.23. The molecular formula is C14H18O3. The molecule has 0 radical (unpaired) electrons. The Kier molecular flexibility index (Phi) is 4.15. The van der Waals surface area contributed by atoms with Gasteiger partial charge in [0, 0.05) is 0 Å². The van der Waals surface area contributed by atoms with Gasteiger partial charge in [-0.25, -0.2) is 4.79 Å². The number of carbonyl (C=O) groups excluding carboxylic acids is 1. The van der Waals surface area contributed by atoms with E-state index >= 15 is 0 Å². The molecule has 0 spiro atoms. The third-order valence-corrected chi connectivity index (χ3v) is 3.17. The minimum Gasteiger partial charge on any atom is -0.460 e. The van der Waals surface area contributed by atoms with Crippen LogP contribution in [-0.2, 0) is 9.53 Å². The molecule has 3 heteroatoms. The van der Waals surface area contributed by atoms with Crippen molar-refractivity contribution in [3.05, 3.63) is 35.9 Å². The van der Waals surface area contributed by atoms with E-state index in [9.17, 15) is 9.90 Å². The normalized spacial score (nSPS) is 18.6. The van der Waals surface area contributed by atoms with Gasteiger partial charge in [-0.2, -0.15) is 0 Å². The predicted molar refractivity (Wildman–Crippen MR) is 64.4 cm³/mol. The third-order valence-electron chi connectivity index (χ3n) is 3.17. The molecule has 0 saturated heterocycles. The van der Waals surface area contributed by atoms with Gasteiger partial charge in [-0.1, -0.05) is 36.8 Å². The number of benzene rings is 1. The van der Waals surface area contributed by atoms with E-state index in [0.29, 0.717) is 5.56 Å². The van der Waals surface area contributed by atoms with E-state index in [1.807, 2.05) is 6.07 Å². The van der Waals surface area contributed by atoms with E-state index in [-0.39, 0.29) is 6.10 Å². The number of aliphatic hydroxyl groups excluding tert-OH is 1. The number of hydrogen-bond acceptors (Lipinski definition) is 3. The van der Waals surface area contributed by atoms with Crippen LogP contribution in [0, 0.1) is 0 Å². The quantitative estimate of drug-likeness (QED) is 0.818. The lowest BCUT2D eigenvalue weighted by molar-refractivity contribution is -0.161. The minimum atomic E-state index is -1.15. The zero-order valence-corrected chi connectivity index (χ0v) is 9.84. The second-order valence-electron chi connectivity index (χ2n) is 4.51. The Hall–Kier alpha value is -1.35. The molecule has 1 aliphatic carbocycles. The van der Waals surface area contributed by atoms with Gasteiger partial charge in [0.2, 0.25) is 0 Å². The van der Waals surface area contributed by atoms with E-state index < -0.39 is 12.1 Å². The summed E-state index contributed by atoms with van der Waals surface area (Å²) in [6.07, 6.45) is 4.13. The summed E-state index contributed by atoms with van der Waals surface area (Å²) in [6.45, 7) is 0. The number of rotatable bonds is 3. The Morgan fingerprint density at radius 2 is 1.82 bits per heavy atom. The van der Waals surface area contributed by atoms with Gasteiger partial charge >= 0.3 is 5.97 Å². The van der Waals surface area contributed by atoms with Crippen LogP contribution < -0.4 is 0 Å². The number of ether oxygens (including phenoxy) is 1. The van der Waals surface area contributed by atoms with E-state index in [2.05, 4.69) is 0 Å². The zero-order chi connectivity index (χ0) is 12.1. The molecule has 17 heavy (non-hydrogen) atoms. The summed E-state index contributed by atoms with van der Waals surface area (Å²) in [4.78, 5) is 11.7. The van der Waals surface area contributed by atoms with Crippen molar-refractivity contribution < 1.29 is 14.6 Å². The largest absolute Gasteiger partial charge is 0.460 e. The average molecular weight is 234 g/mol. The molecule has 0 unspecified atom stereocenters. The minimum absolute atomic E-state index is 0.00499. The second kappa shape index (κ2) is 5.82. The monoisotopic (exact) mass is 234 g/mol. The van der Waals surface area contributed by atoms with Crippen molar-refractivity contribution in [3.63, 3.8) is 0 Å². The van der Waals surface area contributed by atoms with Crippen LogP contribution in [0.1, 0.15) is 43.8 Å². The molecule has 0 aliphatic heterocycles. The Morgan fingerprint density at radius 3 is 2.47 bits per heavy atom. The SMILES string of the molecule is O=C(OC1CCCCC1)[C@H](O)c1ccccc1. The first-order valence-corrected chi connectivity index (χ1v) is 6.21. The lowest BCUT2D eigenvalue weighted by Crippen LogP contribution is -2.24. The van der Waals surface area contributed by atoms with Crippen molar-refractivity contribution in [1.29, 1.82) is 0 Å². The summed E-state index contributed by atoms with van der Waals surface area (Å²) < 4.78 is 5.32. The van der Waals surface area contributed by atoms with Crippen LogP contribution >= 0.6 is 0 Å². The lowest BCUT2D eigenvalue weighted by atomic mass is 9.98. The van der Waals surface area contributed by atoms with E-state index in [1.165, 1.54) is 6.42 Å². The molecule has 1 aliphatic rings. The Labute approximate surface area is 101 Å². The Balaban J connectivity index is 1.91. The lowest BCUT2D eigenvalue weighted by Gasteiger charge is -2.23. The van der Waals surface area contributed by atoms with Crippen molar-refractivity contribution in [2.45, 2.75) is 44.3 Å². The molecule has 92 valence electrons. The third kappa shape index (κ3) is 3.30. The molecule has 1 saturated carbocycles. The van der Waals surface area contributed by atoms with Crippen molar-refractivity contribution in [2.24, 2.45) is 0 Å². The number of hydrogen-bond donors (Lipinski definition) is 1. The van der Waals surface area contributed by atoms with Gasteiger partial charge in [0.05, 0.1) is 0 Å². The first-order valence-electron chi connectivity index (χ1n) is 6.21. The molecule has 1 atom stereocenters. The molecule has 2 rings (SSSR count). The molecule has 3 nitrogen and oxygen atoms in total. The first kappa shape index (κ1) is 12.1. The maximum absolute atomic E-state index is 11.7. The highest BCUT2D eigenvalue weighted by Crippen LogP contribution is 2.23. The van der Waals surface area contributed by atoms with E-state index in [1.54, 1.807) is 24.3 Å². The number of esters is 1. The van der Waals surface area contributed by atoms with Crippen LogP contribution in [0.2, 0.25) is 0 Å². The summed E-state index contributed by atoms with van der Waals surface area (Å²) in [6, 6.07) is 8.90. The molecule has 0 heterocycles. The molecule has 0 amide bonds. The van der Waals surface area contributed by atoms with Crippen molar-refractivity contribution in [1.82, 2.24) is 0 Å². The molecule has 1 N–H and O–H groups in total. The Bertz CT molecular complexity index is 355. The van der Waals surface area contributed by atoms with Crippen LogP contribution in [0.3, 0.4) is 0 Å². The fourth-order valence-electron chi connectivity index (χ4n) is 2.18. The second-order valence-corrected chi connectivity index (χ2v) is 4.51. The summed E-state index contributed by atoms with van der Waals surface area (Å²) in [7, 11) is 0. The van der Waals surface area contributed by atoms with Crippen LogP contribution in [0.15, 0.2) is 30.3 Å². The fraction of sp³-hybridized carbons (Fsp3) is 0.500. The maximum atomic E-state index is 11.7. The van der Waals surface area contributed by atoms with Crippen LogP contribution in [0.25, 0.3) is 0 Å². The fourth-order valence-corrected chi connectivity index (χ4v) is 2.18. The topological polar surface area (TPSA) is 46.5 Å². The van der Waals surface area contributed by atoms with E-state index in [0.717, 1.165) is 25.7 Å². The first-order chi connectivity index (χ1) is 8.27. The predicted octanol–water partition coefficient (Wildman–Crippen LogP) is 2.60. The number of aliphatic hydroxyl groups is 1. The average Bonchev–Trinajstić information content (AvgIpc) is 2.40. The molecular weight excluding hydrogens is 216 g/mol. The van der Waals surface area contributed by atoms with Crippen LogP contribution in [0.5, 0.6) is 0 Å².